The third-order valence-corrected chi connectivity index (χ3v) is 4.97. The molecule has 0 aliphatic rings. The zero-order valence-corrected chi connectivity index (χ0v) is 14.2. The molecule has 0 aliphatic heterocycles. The van der Waals surface area contributed by atoms with Crippen molar-refractivity contribution < 1.29 is 8.42 Å². The molecule has 122 valence electrons. The number of hydrogen-bond acceptors (Lipinski definition) is 4. The second-order valence-electron chi connectivity index (χ2n) is 5.53. The van der Waals surface area contributed by atoms with E-state index in [1.54, 1.807) is 30.6 Å². The molecule has 1 heterocycles. The predicted octanol–water partition coefficient (Wildman–Crippen LogP) is 3.56. The molecule has 3 rings (SSSR count). The number of anilines is 1. The molecule has 0 bridgehead atoms. The van der Waals surface area contributed by atoms with Crippen LogP contribution in [0.2, 0.25) is 0 Å². The third kappa shape index (κ3) is 3.44. The van der Waals surface area contributed by atoms with E-state index in [1.807, 2.05) is 26.0 Å². The van der Waals surface area contributed by atoms with Crippen LogP contribution in [-0.2, 0) is 10.0 Å². The monoisotopic (exact) mass is 339 g/mol. The van der Waals surface area contributed by atoms with Gasteiger partial charge in [-0.3, -0.25) is 0 Å². The average molecular weight is 339 g/mol. The minimum absolute atomic E-state index is 0.0485. The first-order valence-corrected chi connectivity index (χ1v) is 8.91. The normalized spacial score (nSPS) is 11.2. The van der Waals surface area contributed by atoms with Gasteiger partial charge in [0, 0.05) is 18.0 Å². The van der Waals surface area contributed by atoms with E-state index in [9.17, 15) is 8.42 Å². The summed E-state index contributed by atoms with van der Waals surface area (Å²) in [7, 11) is -3.68. The summed E-state index contributed by atoms with van der Waals surface area (Å²) in [4.78, 5) is 8.43. The van der Waals surface area contributed by atoms with E-state index >= 15 is 0 Å². The van der Waals surface area contributed by atoms with E-state index in [-0.39, 0.29) is 10.8 Å². The molecule has 5 nitrogen and oxygen atoms in total. The summed E-state index contributed by atoms with van der Waals surface area (Å²) >= 11 is 0. The minimum atomic E-state index is -3.68. The van der Waals surface area contributed by atoms with E-state index < -0.39 is 10.0 Å². The number of sulfonamides is 1. The highest BCUT2D eigenvalue weighted by atomic mass is 32.2. The van der Waals surface area contributed by atoms with Crippen LogP contribution in [0.25, 0.3) is 11.1 Å². The molecule has 0 fully saturated rings. The van der Waals surface area contributed by atoms with Gasteiger partial charge in [-0.2, -0.15) is 0 Å². The lowest BCUT2D eigenvalue weighted by atomic mass is 10.0. The number of hydrogen-bond donors (Lipinski definition) is 1. The fourth-order valence-corrected chi connectivity index (χ4v) is 3.42. The molecule has 24 heavy (non-hydrogen) atoms. The lowest BCUT2D eigenvalue weighted by molar-refractivity contribution is 0.601. The Balaban J connectivity index is 1.85. The highest BCUT2D eigenvalue weighted by Crippen LogP contribution is 2.23. The smallest absolute Gasteiger partial charge is 0.247 e. The summed E-state index contributed by atoms with van der Waals surface area (Å²) in [6, 6.07) is 14.2. The van der Waals surface area contributed by atoms with Gasteiger partial charge in [0.05, 0.1) is 4.90 Å². The van der Waals surface area contributed by atoms with Crippen LogP contribution >= 0.6 is 0 Å². The Morgan fingerprint density at radius 1 is 0.917 bits per heavy atom. The van der Waals surface area contributed by atoms with Gasteiger partial charge in [0.15, 0.2) is 0 Å². The van der Waals surface area contributed by atoms with Gasteiger partial charge in [0.25, 0.3) is 10.0 Å². The van der Waals surface area contributed by atoms with Crippen LogP contribution in [0.15, 0.2) is 65.8 Å². The van der Waals surface area contributed by atoms with E-state index in [1.165, 1.54) is 17.7 Å². The van der Waals surface area contributed by atoms with Crippen LogP contribution < -0.4 is 4.72 Å². The molecule has 0 aliphatic carbocycles. The maximum absolute atomic E-state index is 12.3. The molecule has 0 radical (unpaired) electrons. The zero-order chi connectivity index (χ0) is 17.2. The molecule has 0 atom stereocenters. The summed E-state index contributed by atoms with van der Waals surface area (Å²) in [5.74, 6) is 0.0485. The fourth-order valence-electron chi connectivity index (χ4n) is 2.44. The van der Waals surface area contributed by atoms with Gasteiger partial charge in [-0.25, -0.2) is 23.1 Å². The summed E-state index contributed by atoms with van der Waals surface area (Å²) in [5, 5.41) is 0. The summed E-state index contributed by atoms with van der Waals surface area (Å²) in [6.07, 6.45) is 3.24. The molecule has 0 saturated heterocycles. The largest absolute Gasteiger partial charge is 0.264 e. The van der Waals surface area contributed by atoms with Crippen molar-refractivity contribution in [3.05, 3.63) is 72.1 Å². The number of nitrogens with zero attached hydrogens (tertiary/aromatic N) is 2. The van der Waals surface area contributed by atoms with Crippen molar-refractivity contribution in [1.29, 1.82) is 0 Å². The van der Waals surface area contributed by atoms with Crippen LogP contribution in [-0.4, -0.2) is 18.4 Å². The average Bonchev–Trinajstić information content (AvgIpc) is 2.56. The van der Waals surface area contributed by atoms with Gasteiger partial charge in [0.2, 0.25) is 5.95 Å². The minimum Gasteiger partial charge on any atom is -0.247 e. The number of aryl methyl sites for hydroxylation is 2. The maximum Gasteiger partial charge on any atom is 0.264 e. The Morgan fingerprint density at radius 2 is 1.58 bits per heavy atom. The van der Waals surface area contributed by atoms with Crippen molar-refractivity contribution in [3.63, 3.8) is 0 Å². The Labute approximate surface area is 141 Å². The van der Waals surface area contributed by atoms with E-state index in [2.05, 4.69) is 20.8 Å². The van der Waals surface area contributed by atoms with Gasteiger partial charge in [0.1, 0.15) is 0 Å². The van der Waals surface area contributed by atoms with Gasteiger partial charge in [-0.05, 0) is 37.1 Å². The van der Waals surface area contributed by atoms with Crippen LogP contribution in [0.5, 0.6) is 0 Å². The van der Waals surface area contributed by atoms with Crippen molar-refractivity contribution in [3.8, 4) is 11.1 Å². The molecular formula is C18H17N3O2S. The van der Waals surface area contributed by atoms with Crippen molar-refractivity contribution in [1.82, 2.24) is 9.97 Å². The maximum atomic E-state index is 12.3. The molecule has 0 spiro atoms. The van der Waals surface area contributed by atoms with Gasteiger partial charge >= 0.3 is 0 Å². The molecule has 1 aromatic heterocycles. The second kappa shape index (κ2) is 6.41. The highest BCUT2D eigenvalue weighted by molar-refractivity contribution is 7.92. The predicted molar refractivity (Wildman–Crippen MR) is 94.2 cm³/mol. The number of benzene rings is 2. The highest BCUT2D eigenvalue weighted by Gasteiger charge is 2.15. The van der Waals surface area contributed by atoms with Gasteiger partial charge in [-0.15, -0.1) is 0 Å². The first-order chi connectivity index (χ1) is 11.5. The molecule has 3 aromatic rings. The van der Waals surface area contributed by atoms with Crippen LogP contribution in [0.3, 0.4) is 0 Å². The SMILES string of the molecule is Cc1ccc(-c2cnc(NS(=O)(=O)c3ccccc3)nc2)c(C)c1. The van der Waals surface area contributed by atoms with E-state index in [4.69, 9.17) is 0 Å². The Kier molecular flexibility index (Phi) is 4.31. The number of rotatable bonds is 4. The topological polar surface area (TPSA) is 72.0 Å². The summed E-state index contributed by atoms with van der Waals surface area (Å²) in [5.41, 5.74) is 4.17. The number of aromatic nitrogens is 2. The van der Waals surface area contributed by atoms with Crippen LogP contribution in [0.1, 0.15) is 11.1 Å². The zero-order valence-electron chi connectivity index (χ0n) is 13.4. The van der Waals surface area contributed by atoms with Crippen molar-refractivity contribution in [2.45, 2.75) is 18.7 Å². The Bertz CT molecular complexity index is 953. The standard InChI is InChI=1S/C18H17N3O2S/c1-13-8-9-17(14(2)10-13)15-11-19-18(20-12-15)21-24(22,23)16-6-4-3-5-7-16/h3-12H,1-2H3,(H,19,20,21). The summed E-state index contributed by atoms with van der Waals surface area (Å²) < 4.78 is 26.9. The Morgan fingerprint density at radius 3 is 2.21 bits per heavy atom. The van der Waals surface area contributed by atoms with Crippen LogP contribution in [0, 0.1) is 13.8 Å². The Hall–Kier alpha value is -2.73. The van der Waals surface area contributed by atoms with Crippen molar-refractivity contribution in [2.24, 2.45) is 0 Å². The first kappa shape index (κ1) is 16.1. The van der Waals surface area contributed by atoms with Crippen molar-refractivity contribution >= 4 is 16.0 Å². The molecular weight excluding hydrogens is 322 g/mol. The molecule has 2 aromatic carbocycles. The lowest BCUT2D eigenvalue weighted by Crippen LogP contribution is -2.14. The van der Waals surface area contributed by atoms with Crippen LogP contribution in [0.4, 0.5) is 5.95 Å². The summed E-state index contributed by atoms with van der Waals surface area (Å²) in [6.45, 7) is 4.06. The fraction of sp³-hybridized carbons (Fsp3) is 0.111. The van der Waals surface area contributed by atoms with Gasteiger partial charge in [-0.1, -0.05) is 42.0 Å². The molecule has 1 N–H and O–H groups in total. The van der Waals surface area contributed by atoms with E-state index in [0.717, 1.165) is 16.7 Å². The molecule has 6 heteroatoms. The first-order valence-electron chi connectivity index (χ1n) is 7.43. The van der Waals surface area contributed by atoms with E-state index in [0.29, 0.717) is 0 Å². The quantitative estimate of drug-likeness (QED) is 0.789. The lowest BCUT2D eigenvalue weighted by Gasteiger charge is -2.09. The molecule has 0 saturated carbocycles. The van der Waals surface area contributed by atoms with Crippen molar-refractivity contribution in [2.75, 3.05) is 4.72 Å². The molecule has 0 unspecified atom stereocenters. The third-order valence-electron chi connectivity index (χ3n) is 3.62. The second-order valence-corrected chi connectivity index (χ2v) is 7.21. The molecule has 0 amide bonds. The van der Waals surface area contributed by atoms with Gasteiger partial charge < -0.3 is 0 Å². The number of nitrogens with one attached hydrogen (secondary N) is 1.